The molecule has 1 heterocycles. The Balaban J connectivity index is 1.69. The van der Waals surface area contributed by atoms with Gasteiger partial charge in [0.1, 0.15) is 6.04 Å². The normalized spacial score (nSPS) is 21.7. The van der Waals surface area contributed by atoms with Crippen LogP contribution in [0.5, 0.6) is 0 Å². The molecule has 2 aromatic rings. The van der Waals surface area contributed by atoms with Crippen molar-refractivity contribution in [2.24, 2.45) is 17.1 Å². The zero-order valence-corrected chi connectivity index (χ0v) is 21.2. The molecule has 2 aromatic carbocycles. The van der Waals surface area contributed by atoms with E-state index in [0.29, 0.717) is 24.5 Å². The second kappa shape index (κ2) is 10.5. The van der Waals surface area contributed by atoms with Crippen LogP contribution in [0.2, 0.25) is 5.02 Å². The Morgan fingerprint density at radius 2 is 1.74 bits per heavy atom. The highest BCUT2D eigenvalue weighted by molar-refractivity contribution is 6.30. The van der Waals surface area contributed by atoms with E-state index in [4.69, 9.17) is 17.3 Å². The van der Waals surface area contributed by atoms with Gasteiger partial charge in [-0.05, 0) is 35.6 Å². The molecule has 3 rings (SSSR count). The van der Waals surface area contributed by atoms with Crippen LogP contribution in [-0.2, 0) is 15.2 Å². The number of hydrogen-bond acceptors (Lipinski definition) is 4. The Labute approximate surface area is 207 Å². The summed E-state index contributed by atoms with van der Waals surface area (Å²) in [6, 6.07) is 15.6. The Bertz CT molecular complexity index is 994. The third kappa shape index (κ3) is 5.62. The van der Waals surface area contributed by atoms with Crippen LogP contribution in [-0.4, -0.2) is 41.0 Å². The maximum atomic E-state index is 13.5. The topological polar surface area (TPSA) is 95.7 Å². The number of amides is 2. The van der Waals surface area contributed by atoms with Crippen LogP contribution in [0.4, 0.5) is 0 Å². The highest BCUT2D eigenvalue weighted by Crippen LogP contribution is 2.46. The molecular formula is C27H36ClN3O3. The first kappa shape index (κ1) is 26.2. The maximum Gasteiger partial charge on any atom is 0.245 e. The molecule has 34 heavy (non-hydrogen) atoms. The second-order valence-electron chi connectivity index (χ2n) is 10.3. The van der Waals surface area contributed by atoms with Crippen molar-refractivity contribution in [1.29, 1.82) is 0 Å². The molecule has 1 unspecified atom stereocenters. The summed E-state index contributed by atoms with van der Waals surface area (Å²) < 4.78 is 0. The molecule has 0 radical (unpaired) electrons. The highest BCUT2D eigenvalue weighted by atomic mass is 35.5. The molecule has 1 aliphatic rings. The fourth-order valence-corrected chi connectivity index (χ4v) is 4.86. The number of piperidine rings is 1. The number of nitrogens with two attached hydrogens (primary N) is 1. The van der Waals surface area contributed by atoms with Crippen LogP contribution in [0.25, 0.3) is 0 Å². The number of benzene rings is 2. The lowest BCUT2D eigenvalue weighted by Gasteiger charge is -2.51. The van der Waals surface area contributed by atoms with Gasteiger partial charge in [-0.3, -0.25) is 9.59 Å². The molecule has 0 bridgehead atoms. The van der Waals surface area contributed by atoms with Gasteiger partial charge in [0.25, 0.3) is 0 Å². The van der Waals surface area contributed by atoms with Gasteiger partial charge in [-0.1, -0.05) is 81.8 Å². The van der Waals surface area contributed by atoms with Crippen molar-refractivity contribution < 1.29 is 14.7 Å². The van der Waals surface area contributed by atoms with Crippen LogP contribution >= 0.6 is 11.6 Å². The van der Waals surface area contributed by atoms with E-state index in [-0.39, 0.29) is 24.2 Å². The molecule has 184 valence electrons. The van der Waals surface area contributed by atoms with E-state index in [1.165, 1.54) is 0 Å². The van der Waals surface area contributed by atoms with Gasteiger partial charge in [0.15, 0.2) is 0 Å². The number of halogens is 1. The summed E-state index contributed by atoms with van der Waals surface area (Å²) >= 11 is 6.03. The van der Waals surface area contributed by atoms with E-state index >= 15 is 0 Å². The Morgan fingerprint density at radius 3 is 2.29 bits per heavy atom. The first-order chi connectivity index (χ1) is 15.9. The lowest BCUT2D eigenvalue weighted by molar-refractivity contribution is -0.156. The van der Waals surface area contributed by atoms with E-state index in [1.807, 2.05) is 70.2 Å². The third-order valence-corrected chi connectivity index (χ3v) is 7.22. The number of nitrogens with one attached hydrogen (secondary N) is 1. The smallest absolute Gasteiger partial charge is 0.245 e. The van der Waals surface area contributed by atoms with E-state index in [9.17, 15) is 14.7 Å². The Hall–Kier alpha value is -2.41. The maximum absolute atomic E-state index is 13.5. The minimum atomic E-state index is -1.09. The first-order valence-electron chi connectivity index (χ1n) is 11.8. The molecular weight excluding hydrogens is 450 g/mol. The molecule has 3 atom stereocenters. The molecule has 1 fully saturated rings. The lowest BCUT2D eigenvalue weighted by atomic mass is 9.66. The van der Waals surface area contributed by atoms with Crippen molar-refractivity contribution in [3.8, 4) is 0 Å². The van der Waals surface area contributed by atoms with Crippen molar-refractivity contribution in [1.82, 2.24) is 10.2 Å². The van der Waals surface area contributed by atoms with Crippen LogP contribution in [0.15, 0.2) is 54.6 Å². The molecule has 6 nitrogen and oxygen atoms in total. The van der Waals surface area contributed by atoms with Gasteiger partial charge in [0.05, 0.1) is 5.60 Å². The van der Waals surface area contributed by atoms with Crippen molar-refractivity contribution in [3.63, 3.8) is 0 Å². The number of rotatable bonds is 7. The number of nitrogens with zero attached hydrogens (tertiary/aromatic N) is 1. The van der Waals surface area contributed by atoms with Crippen molar-refractivity contribution in [2.75, 3.05) is 13.1 Å². The molecule has 2 amide bonds. The summed E-state index contributed by atoms with van der Waals surface area (Å²) in [6.45, 7) is 8.52. The molecule has 0 aromatic heterocycles. The Morgan fingerprint density at radius 1 is 1.12 bits per heavy atom. The van der Waals surface area contributed by atoms with Gasteiger partial charge in [-0.2, -0.15) is 0 Å². The molecule has 1 aliphatic heterocycles. The zero-order chi connectivity index (χ0) is 25.1. The zero-order valence-electron chi connectivity index (χ0n) is 20.4. The summed E-state index contributed by atoms with van der Waals surface area (Å²) in [4.78, 5) is 28.0. The number of hydrogen-bond donors (Lipinski definition) is 3. The Kier molecular flexibility index (Phi) is 8.06. The average molecular weight is 486 g/mol. The van der Waals surface area contributed by atoms with Crippen LogP contribution in [0, 0.1) is 11.3 Å². The van der Waals surface area contributed by atoms with Gasteiger partial charge < -0.3 is 21.1 Å². The van der Waals surface area contributed by atoms with E-state index < -0.39 is 23.1 Å². The molecule has 7 heteroatoms. The summed E-state index contributed by atoms with van der Waals surface area (Å²) in [7, 11) is 0. The minimum Gasteiger partial charge on any atom is -0.384 e. The fourth-order valence-electron chi connectivity index (χ4n) is 4.73. The van der Waals surface area contributed by atoms with Crippen LogP contribution in [0.1, 0.15) is 57.7 Å². The first-order valence-corrected chi connectivity index (χ1v) is 12.2. The van der Waals surface area contributed by atoms with Gasteiger partial charge in [0, 0.05) is 36.0 Å². The average Bonchev–Trinajstić information content (AvgIpc) is 2.79. The third-order valence-electron chi connectivity index (χ3n) is 6.96. The highest BCUT2D eigenvalue weighted by Gasteiger charge is 2.50. The molecule has 4 N–H and O–H groups in total. The largest absolute Gasteiger partial charge is 0.384 e. The van der Waals surface area contributed by atoms with E-state index in [0.717, 1.165) is 11.1 Å². The van der Waals surface area contributed by atoms with Gasteiger partial charge in [-0.25, -0.2) is 0 Å². The summed E-state index contributed by atoms with van der Waals surface area (Å²) in [5, 5.41) is 15.1. The van der Waals surface area contributed by atoms with Gasteiger partial charge in [0.2, 0.25) is 11.8 Å². The molecule has 0 aliphatic carbocycles. The number of carbonyl (C=O) groups is 2. The quantitative estimate of drug-likeness (QED) is 0.552. The standard InChI is InChI=1S/C27H36ClN3O3/c1-18(2)24(30-23(32)16-22(29)19-8-6-5-7-9-19)25(33)31-15-14-27(34,26(3,4)17-31)20-10-12-21(28)13-11-20/h5-13,18,22,24,34H,14-17,29H2,1-4H3,(H,30,32)/t22?,24-,27+/m1/s1. The monoisotopic (exact) mass is 485 g/mol. The van der Waals surface area contributed by atoms with Gasteiger partial charge in [-0.15, -0.1) is 0 Å². The van der Waals surface area contributed by atoms with Gasteiger partial charge >= 0.3 is 0 Å². The molecule has 1 saturated heterocycles. The number of aliphatic hydroxyl groups is 1. The van der Waals surface area contributed by atoms with Crippen LogP contribution in [0.3, 0.4) is 0 Å². The van der Waals surface area contributed by atoms with E-state index in [2.05, 4.69) is 5.32 Å². The van der Waals surface area contributed by atoms with Crippen molar-refractivity contribution in [2.45, 2.75) is 58.2 Å². The fraction of sp³-hybridized carbons (Fsp3) is 0.481. The lowest BCUT2D eigenvalue weighted by Crippen LogP contribution is -2.60. The minimum absolute atomic E-state index is 0.0930. The van der Waals surface area contributed by atoms with E-state index in [1.54, 1.807) is 17.0 Å². The summed E-state index contributed by atoms with van der Waals surface area (Å²) in [5.41, 5.74) is 6.18. The predicted octanol–water partition coefficient (Wildman–Crippen LogP) is 4.02. The summed E-state index contributed by atoms with van der Waals surface area (Å²) in [5.74, 6) is -0.482. The molecule has 0 saturated carbocycles. The van der Waals surface area contributed by atoms with Crippen molar-refractivity contribution in [3.05, 3.63) is 70.7 Å². The SMILES string of the molecule is CC(C)[C@@H](NC(=O)CC(N)c1ccccc1)C(=O)N1CC[C@](O)(c2ccc(Cl)cc2)C(C)(C)C1. The predicted molar refractivity (Wildman–Crippen MR) is 135 cm³/mol. The molecule has 0 spiro atoms. The second-order valence-corrected chi connectivity index (χ2v) is 10.7. The number of likely N-dealkylation sites (tertiary alicyclic amines) is 1. The van der Waals surface area contributed by atoms with Crippen molar-refractivity contribution >= 4 is 23.4 Å². The summed E-state index contributed by atoms with van der Waals surface area (Å²) in [6.07, 6.45) is 0.493. The number of carbonyl (C=O) groups excluding carboxylic acids is 2. The van der Waals surface area contributed by atoms with Crippen LogP contribution < -0.4 is 11.1 Å².